The minimum absolute atomic E-state index is 0.191. The zero-order chi connectivity index (χ0) is 15.5. The van der Waals surface area contributed by atoms with Gasteiger partial charge >= 0.3 is 0 Å². The van der Waals surface area contributed by atoms with E-state index in [4.69, 9.17) is 0 Å². The molecule has 0 spiro atoms. The lowest BCUT2D eigenvalue weighted by Crippen LogP contribution is -2.19. The molecule has 0 aliphatic heterocycles. The highest BCUT2D eigenvalue weighted by Crippen LogP contribution is 2.43. The van der Waals surface area contributed by atoms with Gasteiger partial charge in [-0.25, -0.2) is 5.43 Å². The van der Waals surface area contributed by atoms with Crippen LogP contribution in [0, 0.1) is 0 Å². The molecule has 2 N–H and O–H groups in total. The second-order valence-electron chi connectivity index (χ2n) is 4.94. The summed E-state index contributed by atoms with van der Waals surface area (Å²) in [5, 5.41) is 16.2. The number of carbonyl (C=O) groups is 1. The highest BCUT2D eigenvalue weighted by Gasteiger charge is 2.29. The number of thiophene rings is 2. The molecule has 7 heteroatoms. The van der Waals surface area contributed by atoms with Crippen LogP contribution in [0.4, 0.5) is 0 Å². The molecule has 116 valence electrons. The standard InChI is InChI=1S/C15H16N2O2S3/c1-20-15-12-10(5-2-6-11(12)18)13(22-15)14(19)17-16-8-9-4-3-7-21-9/h3-4,7-8,11,18H,2,5-6H2,1H3,(H,17,19)/b16-8+. The van der Waals surface area contributed by atoms with Crippen LogP contribution >= 0.6 is 34.4 Å². The summed E-state index contributed by atoms with van der Waals surface area (Å²) in [5.74, 6) is -0.191. The van der Waals surface area contributed by atoms with Crippen molar-refractivity contribution in [3.8, 4) is 0 Å². The fraction of sp³-hybridized carbons (Fsp3) is 0.333. The Morgan fingerprint density at radius 3 is 3.18 bits per heavy atom. The van der Waals surface area contributed by atoms with Crippen LogP contribution in [0.1, 0.15) is 44.6 Å². The molecular formula is C15H16N2O2S3. The molecule has 2 aromatic rings. The van der Waals surface area contributed by atoms with Crippen molar-refractivity contribution in [2.75, 3.05) is 6.26 Å². The van der Waals surface area contributed by atoms with E-state index in [1.54, 1.807) is 29.3 Å². The molecule has 3 rings (SSSR count). The Balaban J connectivity index is 1.81. The number of rotatable bonds is 4. The zero-order valence-corrected chi connectivity index (χ0v) is 14.5. The Morgan fingerprint density at radius 1 is 1.59 bits per heavy atom. The van der Waals surface area contributed by atoms with Gasteiger partial charge in [0, 0.05) is 10.4 Å². The summed E-state index contributed by atoms with van der Waals surface area (Å²) in [6, 6.07) is 3.88. The van der Waals surface area contributed by atoms with Crippen LogP contribution in [0.5, 0.6) is 0 Å². The van der Waals surface area contributed by atoms with Gasteiger partial charge in [-0.2, -0.15) is 5.10 Å². The number of hydrogen-bond acceptors (Lipinski definition) is 6. The molecule has 0 fully saturated rings. The van der Waals surface area contributed by atoms with Gasteiger partial charge in [0.15, 0.2) is 0 Å². The van der Waals surface area contributed by atoms with Crippen molar-refractivity contribution < 1.29 is 9.90 Å². The van der Waals surface area contributed by atoms with Gasteiger partial charge < -0.3 is 5.11 Å². The Labute approximate surface area is 141 Å². The molecular weight excluding hydrogens is 336 g/mol. The van der Waals surface area contributed by atoms with Crippen molar-refractivity contribution >= 4 is 46.6 Å². The minimum atomic E-state index is -0.446. The topological polar surface area (TPSA) is 61.7 Å². The summed E-state index contributed by atoms with van der Waals surface area (Å²) in [4.78, 5) is 14.1. The summed E-state index contributed by atoms with van der Waals surface area (Å²) >= 11 is 4.61. The van der Waals surface area contributed by atoms with E-state index in [0.717, 1.165) is 39.5 Å². The first-order chi connectivity index (χ1) is 10.7. The normalized spacial score (nSPS) is 17.6. The zero-order valence-electron chi connectivity index (χ0n) is 12.0. The number of fused-ring (bicyclic) bond motifs is 1. The second kappa shape index (κ2) is 6.95. The lowest BCUT2D eigenvalue weighted by molar-refractivity contribution is 0.0957. The number of nitrogens with zero attached hydrogens (tertiary/aromatic N) is 1. The highest BCUT2D eigenvalue weighted by atomic mass is 32.2. The number of aliphatic hydroxyl groups excluding tert-OH is 1. The van der Waals surface area contributed by atoms with Crippen molar-refractivity contribution in [3.05, 3.63) is 38.4 Å². The summed E-state index contributed by atoms with van der Waals surface area (Å²) < 4.78 is 1.04. The quantitative estimate of drug-likeness (QED) is 0.501. The van der Waals surface area contributed by atoms with Crippen molar-refractivity contribution in [2.24, 2.45) is 5.10 Å². The summed E-state index contributed by atoms with van der Waals surface area (Å²) in [5.41, 5.74) is 4.55. The van der Waals surface area contributed by atoms with Crippen LogP contribution < -0.4 is 5.43 Å². The SMILES string of the molecule is CSc1sc(C(=O)N/N=C/c2cccs2)c2c1C(O)CCC2. The fourth-order valence-corrected chi connectivity index (χ4v) is 5.24. The Morgan fingerprint density at radius 2 is 2.45 bits per heavy atom. The van der Waals surface area contributed by atoms with E-state index in [1.807, 2.05) is 23.8 Å². The van der Waals surface area contributed by atoms with Crippen LogP contribution in [0.15, 0.2) is 26.8 Å². The molecule has 0 saturated carbocycles. The van der Waals surface area contributed by atoms with Crippen molar-refractivity contribution in [3.63, 3.8) is 0 Å². The largest absolute Gasteiger partial charge is 0.388 e. The summed E-state index contributed by atoms with van der Waals surface area (Å²) in [6.45, 7) is 0. The van der Waals surface area contributed by atoms with Gasteiger partial charge in [0.2, 0.25) is 0 Å². The first-order valence-electron chi connectivity index (χ1n) is 6.95. The molecule has 0 aromatic carbocycles. The fourth-order valence-electron chi connectivity index (χ4n) is 2.56. The molecule has 1 unspecified atom stereocenters. The van der Waals surface area contributed by atoms with Gasteiger partial charge in [0.05, 0.1) is 21.4 Å². The third kappa shape index (κ3) is 3.12. The lowest BCUT2D eigenvalue weighted by Gasteiger charge is -2.19. The lowest BCUT2D eigenvalue weighted by atomic mass is 9.91. The highest BCUT2D eigenvalue weighted by molar-refractivity contribution is 8.00. The number of hydrazone groups is 1. The molecule has 0 bridgehead atoms. The second-order valence-corrected chi connectivity index (χ2v) is 8.01. The Kier molecular flexibility index (Phi) is 4.97. The van der Waals surface area contributed by atoms with E-state index in [9.17, 15) is 9.90 Å². The first-order valence-corrected chi connectivity index (χ1v) is 9.87. The van der Waals surface area contributed by atoms with Gasteiger partial charge in [-0.1, -0.05) is 6.07 Å². The van der Waals surface area contributed by atoms with E-state index in [2.05, 4.69) is 10.5 Å². The average Bonchev–Trinajstić information content (AvgIpc) is 3.15. The molecule has 2 aromatic heterocycles. The molecule has 0 saturated heterocycles. The Hall–Kier alpha value is -1.15. The van der Waals surface area contributed by atoms with E-state index >= 15 is 0 Å². The van der Waals surface area contributed by atoms with E-state index in [-0.39, 0.29) is 5.91 Å². The first kappa shape index (κ1) is 15.7. The molecule has 1 aliphatic carbocycles. The number of carbonyl (C=O) groups excluding carboxylic acids is 1. The van der Waals surface area contributed by atoms with E-state index in [1.165, 1.54) is 11.3 Å². The van der Waals surface area contributed by atoms with Crippen LogP contribution in [0.25, 0.3) is 0 Å². The molecule has 4 nitrogen and oxygen atoms in total. The molecule has 1 amide bonds. The van der Waals surface area contributed by atoms with Crippen molar-refractivity contribution in [1.82, 2.24) is 5.43 Å². The van der Waals surface area contributed by atoms with E-state index < -0.39 is 6.10 Å². The maximum absolute atomic E-state index is 12.4. The molecule has 1 atom stereocenters. The maximum atomic E-state index is 12.4. The van der Waals surface area contributed by atoms with Gasteiger partial charge in [-0.15, -0.1) is 34.4 Å². The van der Waals surface area contributed by atoms with Crippen LogP contribution in [0.2, 0.25) is 0 Å². The van der Waals surface area contributed by atoms with Crippen LogP contribution in [0.3, 0.4) is 0 Å². The van der Waals surface area contributed by atoms with Gasteiger partial charge in [0.1, 0.15) is 0 Å². The smallest absolute Gasteiger partial charge is 0.281 e. The van der Waals surface area contributed by atoms with Crippen molar-refractivity contribution in [2.45, 2.75) is 29.6 Å². The average molecular weight is 353 g/mol. The van der Waals surface area contributed by atoms with Gasteiger partial charge in [-0.05, 0) is 42.5 Å². The molecule has 2 heterocycles. The van der Waals surface area contributed by atoms with Crippen molar-refractivity contribution in [1.29, 1.82) is 0 Å². The van der Waals surface area contributed by atoms with Gasteiger partial charge in [0.25, 0.3) is 5.91 Å². The number of aliphatic hydroxyl groups is 1. The maximum Gasteiger partial charge on any atom is 0.281 e. The summed E-state index contributed by atoms with van der Waals surface area (Å²) in [7, 11) is 0. The minimum Gasteiger partial charge on any atom is -0.388 e. The van der Waals surface area contributed by atoms with Gasteiger partial charge in [-0.3, -0.25) is 4.79 Å². The number of amides is 1. The summed E-state index contributed by atoms with van der Waals surface area (Å²) in [6.07, 6.45) is 5.71. The third-order valence-corrected chi connectivity index (χ3v) is 6.73. The Bertz CT molecular complexity index is 692. The number of thioether (sulfide) groups is 1. The molecule has 22 heavy (non-hydrogen) atoms. The molecule has 1 aliphatic rings. The monoisotopic (exact) mass is 352 g/mol. The predicted octanol–water partition coefficient (Wildman–Crippen LogP) is 3.67. The number of hydrogen-bond donors (Lipinski definition) is 2. The predicted molar refractivity (Wildman–Crippen MR) is 93.4 cm³/mol. The number of nitrogens with one attached hydrogen (secondary N) is 1. The third-order valence-electron chi connectivity index (χ3n) is 3.54. The van der Waals surface area contributed by atoms with E-state index in [0.29, 0.717) is 4.88 Å². The molecule has 0 radical (unpaired) electrons. The van der Waals surface area contributed by atoms with Crippen LogP contribution in [-0.2, 0) is 6.42 Å². The van der Waals surface area contributed by atoms with Crippen LogP contribution in [-0.4, -0.2) is 23.5 Å².